The molecule has 0 unspecified atom stereocenters. The molecule has 0 aromatic heterocycles. The highest BCUT2D eigenvalue weighted by Crippen LogP contribution is 2.16. The highest BCUT2D eigenvalue weighted by atomic mass is 16.6. The SMILES string of the molecule is COC(=O)C=CCC/C=C/[C@@H](NC(=O)OC(C)(C)C)c1ccccc1. The van der Waals surface area contributed by atoms with Crippen molar-refractivity contribution in [2.45, 2.75) is 45.3 Å². The van der Waals surface area contributed by atoms with Crippen molar-refractivity contribution in [3.05, 3.63) is 60.2 Å². The molecule has 5 heteroatoms. The first-order chi connectivity index (χ1) is 11.8. The number of carbonyl (C=O) groups excluding carboxylic acids is 2. The van der Waals surface area contributed by atoms with Crippen LogP contribution in [0.5, 0.6) is 0 Å². The van der Waals surface area contributed by atoms with Crippen LogP contribution in [0.4, 0.5) is 4.79 Å². The molecule has 25 heavy (non-hydrogen) atoms. The zero-order valence-electron chi connectivity index (χ0n) is 15.3. The summed E-state index contributed by atoms with van der Waals surface area (Å²) in [4.78, 5) is 23.0. The second-order valence-corrected chi connectivity index (χ2v) is 6.47. The number of unbranched alkanes of at least 4 members (excludes halogenated alkanes) is 1. The van der Waals surface area contributed by atoms with Gasteiger partial charge in [-0.05, 0) is 39.2 Å². The number of methoxy groups -OCH3 is 1. The van der Waals surface area contributed by atoms with E-state index in [1.54, 1.807) is 6.08 Å². The van der Waals surface area contributed by atoms with Crippen molar-refractivity contribution in [2.75, 3.05) is 7.11 Å². The van der Waals surface area contributed by atoms with E-state index in [2.05, 4.69) is 10.1 Å². The lowest BCUT2D eigenvalue weighted by Crippen LogP contribution is -2.34. The zero-order valence-corrected chi connectivity index (χ0v) is 15.3. The number of alkyl carbamates (subject to hydrolysis) is 1. The molecule has 0 spiro atoms. The molecule has 0 saturated carbocycles. The van der Waals surface area contributed by atoms with Crippen LogP contribution < -0.4 is 5.32 Å². The molecule has 0 aliphatic heterocycles. The van der Waals surface area contributed by atoms with E-state index in [9.17, 15) is 9.59 Å². The lowest BCUT2D eigenvalue weighted by Gasteiger charge is -2.22. The van der Waals surface area contributed by atoms with Gasteiger partial charge in [-0.2, -0.15) is 0 Å². The molecule has 1 amide bonds. The van der Waals surface area contributed by atoms with E-state index in [0.29, 0.717) is 6.42 Å². The minimum atomic E-state index is -0.548. The number of carbonyl (C=O) groups is 2. The van der Waals surface area contributed by atoms with Gasteiger partial charge in [0.25, 0.3) is 0 Å². The average Bonchev–Trinajstić information content (AvgIpc) is 2.55. The van der Waals surface area contributed by atoms with Crippen LogP contribution in [0.1, 0.15) is 45.2 Å². The van der Waals surface area contributed by atoms with Crippen molar-refractivity contribution >= 4 is 12.1 Å². The molecule has 1 rings (SSSR count). The smallest absolute Gasteiger partial charge is 0.408 e. The number of esters is 1. The van der Waals surface area contributed by atoms with Gasteiger partial charge in [0, 0.05) is 6.08 Å². The van der Waals surface area contributed by atoms with E-state index in [-0.39, 0.29) is 12.0 Å². The fraction of sp³-hybridized carbons (Fsp3) is 0.400. The first-order valence-electron chi connectivity index (χ1n) is 8.27. The maximum Gasteiger partial charge on any atom is 0.408 e. The van der Waals surface area contributed by atoms with Crippen molar-refractivity contribution in [1.29, 1.82) is 0 Å². The Morgan fingerprint density at radius 2 is 1.76 bits per heavy atom. The van der Waals surface area contributed by atoms with E-state index >= 15 is 0 Å². The number of rotatable bonds is 7. The highest BCUT2D eigenvalue weighted by Gasteiger charge is 2.19. The number of allylic oxidation sites excluding steroid dienone is 2. The summed E-state index contributed by atoms with van der Waals surface area (Å²) in [6, 6.07) is 9.39. The Balaban J connectivity index is 2.66. The van der Waals surface area contributed by atoms with Crippen molar-refractivity contribution in [2.24, 2.45) is 0 Å². The highest BCUT2D eigenvalue weighted by molar-refractivity contribution is 5.81. The number of ether oxygens (including phenoxy) is 2. The predicted molar refractivity (Wildman–Crippen MR) is 98.1 cm³/mol. The van der Waals surface area contributed by atoms with Crippen LogP contribution in [-0.4, -0.2) is 24.8 Å². The van der Waals surface area contributed by atoms with Crippen LogP contribution in [0.3, 0.4) is 0 Å². The van der Waals surface area contributed by atoms with Crippen LogP contribution in [-0.2, 0) is 14.3 Å². The minimum absolute atomic E-state index is 0.277. The second-order valence-electron chi connectivity index (χ2n) is 6.47. The Hall–Kier alpha value is -2.56. The Morgan fingerprint density at radius 3 is 2.36 bits per heavy atom. The third-order valence-electron chi connectivity index (χ3n) is 3.11. The molecule has 1 atom stereocenters. The van der Waals surface area contributed by atoms with Gasteiger partial charge in [-0.15, -0.1) is 0 Å². The molecule has 0 heterocycles. The molecule has 0 aliphatic carbocycles. The molecule has 1 N–H and O–H groups in total. The van der Waals surface area contributed by atoms with E-state index in [1.165, 1.54) is 13.2 Å². The molecular formula is C20H27NO4. The summed E-state index contributed by atoms with van der Waals surface area (Å²) in [6.07, 6.45) is 8.04. The van der Waals surface area contributed by atoms with Crippen LogP contribution in [0.2, 0.25) is 0 Å². The molecule has 1 aromatic carbocycles. The number of hydrogen-bond donors (Lipinski definition) is 1. The Labute approximate surface area is 149 Å². The number of benzene rings is 1. The van der Waals surface area contributed by atoms with Crippen molar-refractivity contribution in [3.8, 4) is 0 Å². The minimum Gasteiger partial charge on any atom is -0.466 e. The lowest BCUT2D eigenvalue weighted by atomic mass is 10.1. The van der Waals surface area contributed by atoms with Crippen LogP contribution in [0, 0.1) is 0 Å². The summed E-state index contributed by atoms with van der Waals surface area (Å²) in [7, 11) is 1.35. The molecule has 1 aromatic rings. The van der Waals surface area contributed by atoms with Gasteiger partial charge in [0.05, 0.1) is 13.2 Å². The normalized spacial score (nSPS) is 13.0. The summed E-state index contributed by atoms with van der Waals surface area (Å²) >= 11 is 0. The van der Waals surface area contributed by atoms with E-state index in [1.807, 2.05) is 63.3 Å². The van der Waals surface area contributed by atoms with Crippen molar-refractivity contribution < 1.29 is 19.1 Å². The number of hydrogen-bond acceptors (Lipinski definition) is 4. The molecule has 0 saturated heterocycles. The molecule has 0 fully saturated rings. The van der Waals surface area contributed by atoms with Gasteiger partial charge in [-0.25, -0.2) is 9.59 Å². The first-order valence-corrected chi connectivity index (χ1v) is 8.27. The van der Waals surface area contributed by atoms with Gasteiger partial charge in [0.15, 0.2) is 0 Å². The van der Waals surface area contributed by atoms with Gasteiger partial charge in [0.1, 0.15) is 5.60 Å². The molecule has 0 bridgehead atoms. The van der Waals surface area contributed by atoms with Crippen molar-refractivity contribution in [1.82, 2.24) is 5.32 Å². The van der Waals surface area contributed by atoms with E-state index < -0.39 is 11.7 Å². The monoisotopic (exact) mass is 345 g/mol. The summed E-state index contributed by atoms with van der Waals surface area (Å²) < 4.78 is 9.86. The van der Waals surface area contributed by atoms with Crippen LogP contribution in [0.25, 0.3) is 0 Å². The van der Waals surface area contributed by atoms with Gasteiger partial charge < -0.3 is 14.8 Å². The summed E-state index contributed by atoms with van der Waals surface area (Å²) in [5, 5.41) is 2.87. The number of nitrogens with one attached hydrogen (secondary N) is 1. The Bertz CT molecular complexity index is 600. The third-order valence-corrected chi connectivity index (χ3v) is 3.11. The van der Waals surface area contributed by atoms with E-state index in [0.717, 1.165) is 12.0 Å². The topological polar surface area (TPSA) is 64.6 Å². The van der Waals surface area contributed by atoms with E-state index in [4.69, 9.17) is 4.74 Å². The standard InChI is InChI=1S/C20H27NO4/c1-20(2,3)25-19(23)21-17(16-12-8-7-9-13-16)14-10-5-6-11-15-18(22)24-4/h7-15,17H,5-6H2,1-4H3,(H,21,23)/b14-10+,15-11?/t17-/m1/s1. The maximum atomic E-state index is 12.1. The Kier molecular flexibility index (Phi) is 8.47. The summed E-state index contributed by atoms with van der Waals surface area (Å²) in [5.41, 5.74) is 0.419. The molecule has 5 nitrogen and oxygen atoms in total. The van der Waals surface area contributed by atoms with Crippen LogP contribution >= 0.6 is 0 Å². The zero-order chi connectivity index (χ0) is 18.7. The molecular weight excluding hydrogens is 318 g/mol. The van der Waals surface area contributed by atoms with Gasteiger partial charge in [0.2, 0.25) is 0 Å². The van der Waals surface area contributed by atoms with Gasteiger partial charge in [-0.3, -0.25) is 0 Å². The number of amides is 1. The second kappa shape index (κ2) is 10.3. The fourth-order valence-electron chi connectivity index (χ4n) is 2.01. The fourth-order valence-corrected chi connectivity index (χ4v) is 2.01. The molecule has 0 radical (unpaired) electrons. The Morgan fingerprint density at radius 1 is 1.12 bits per heavy atom. The van der Waals surface area contributed by atoms with Crippen molar-refractivity contribution in [3.63, 3.8) is 0 Å². The van der Waals surface area contributed by atoms with Gasteiger partial charge >= 0.3 is 12.1 Å². The third kappa shape index (κ3) is 9.35. The first kappa shape index (κ1) is 20.5. The van der Waals surface area contributed by atoms with Gasteiger partial charge in [-0.1, -0.05) is 48.6 Å². The van der Waals surface area contributed by atoms with Crippen LogP contribution in [0.15, 0.2) is 54.6 Å². The maximum absolute atomic E-state index is 12.1. The predicted octanol–water partition coefficient (Wildman–Crippen LogP) is 4.32. The summed E-state index contributed by atoms with van der Waals surface area (Å²) in [5.74, 6) is -0.363. The quantitative estimate of drug-likeness (QED) is 0.346. The molecule has 0 aliphatic rings. The largest absolute Gasteiger partial charge is 0.466 e. The lowest BCUT2D eigenvalue weighted by molar-refractivity contribution is -0.134. The summed E-state index contributed by atoms with van der Waals surface area (Å²) in [6.45, 7) is 5.48. The average molecular weight is 345 g/mol. The molecule has 136 valence electrons.